The van der Waals surface area contributed by atoms with Crippen molar-refractivity contribution in [1.29, 1.82) is 0 Å². The monoisotopic (exact) mass is 376 g/mol. The van der Waals surface area contributed by atoms with Crippen molar-refractivity contribution in [2.24, 2.45) is 0 Å². The van der Waals surface area contributed by atoms with Crippen molar-refractivity contribution in [3.63, 3.8) is 0 Å². The third-order valence-electron chi connectivity index (χ3n) is 4.14. The fourth-order valence-corrected chi connectivity index (χ4v) is 9.34. The van der Waals surface area contributed by atoms with Gasteiger partial charge in [0.1, 0.15) is 5.75 Å². The van der Waals surface area contributed by atoms with Crippen molar-refractivity contribution in [1.82, 2.24) is 0 Å². The Balaban J connectivity index is 3.19. The fourth-order valence-electron chi connectivity index (χ4n) is 3.25. The predicted octanol–water partition coefficient (Wildman–Crippen LogP) is 6.74. The minimum atomic E-state index is -1.89. The molecule has 4 heteroatoms. The Morgan fingerprint density at radius 3 is 1.90 bits per heavy atom. The first-order chi connectivity index (χ1) is 9.25. The maximum absolute atomic E-state index is 6.67. The van der Waals surface area contributed by atoms with Gasteiger partial charge in [0.2, 0.25) is 0 Å². The summed E-state index contributed by atoms with van der Waals surface area (Å²) in [7, 11) is -1.89. The molecule has 0 saturated heterocycles. The molecular weight excluding hydrogens is 352 g/mol. The fraction of sp³-hybridized carbons (Fsp3) is 0.625. The van der Waals surface area contributed by atoms with Gasteiger partial charge in [0.25, 0.3) is 8.32 Å². The van der Waals surface area contributed by atoms with Gasteiger partial charge in [-0.1, -0.05) is 47.6 Å². The second-order valence-corrected chi connectivity index (χ2v) is 12.8. The molecule has 20 heavy (non-hydrogen) atoms. The van der Waals surface area contributed by atoms with E-state index in [2.05, 4.69) is 69.6 Å². The Morgan fingerprint density at radius 1 is 1.05 bits per heavy atom. The lowest BCUT2D eigenvalue weighted by molar-refractivity contribution is 0.477. The average Bonchev–Trinajstić information content (AvgIpc) is 2.35. The largest absolute Gasteiger partial charge is 0.542 e. The summed E-state index contributed by atoms with van der Waals surface area (Å²) in [6.45, 7) is 13.8. The van der Waals surface area contributed by atoms with Crippen molar-refractivity contribution in [3.05, 3.63) is 28.2 Å². The maximum Gasteiger partial charge on any atom is 0.258 e. The Bertz CT molecular complexity index is 424. The molecule has 0 aliphatic carbocycles. The summed E-state index contributed by atoms with van der Waals surface area (Å²) < 4.78 is 7.67. The first-order valence-corrected chi connectivity index (χ1v) is 10.8. The molecule has 0 amide bonds. The van der Waals surface area contributed by atoms with Crippen molar-refractivity contribution in [3.8, 4) is 5.75 Å². The lowest BCUT2D eigenvalue weighted by atomic mass is 10.2. The molecule has 0 spiro atoms. The van der Waals surface area contributed by atoms with Crippen LogP contribution in [-0.2, 0) is 5.88 Å². The van der Waals surface area contributed by atoms with Gasteiger partial charge in [-0.05, 0) is 50.2 Å². The van der Waals surface area contributed by atoms with E-state index in [9.17, 15) is 0 Å². The number of hydrogen-bond donors (Lipinski definition) is 0. The van der Waals surface area contributed by atoms with Gasteiger partial charge < -0.3 is 4.43 Å². The van der Waals surface area contributed by atoms with E-state index < -0.39 is 8.32 Å². The molecule has 0 heterocycles. The average molecular weight is 378 g/mol. The van der Waals surface area contributed by atoms with Crippen LogP contribution in [0.1, 0.15) is 47.1 Å². The van der Waals surface area contributed by atoms with Gasteiger partial charge in [0.15, 0.2) is 0 Å². The predicted molar refractivity (Wildman–Crippen MR) is 95.4 cm³/mol. The molecule has 0 aromatic heterocycles. The molecule has 0 atom stereocenters. The molecule has 1 aromatic carbocycles. The second kappa shape index (κ2) is 7.32. The molecule has 1 nitrogen and oxygen atoms in total. The Hall–Kier alpha value is 0.00688. The summed E-state index contributed by atoms with van der Waals surface area (Å²) in [6, 6.07) is 6.16. The van der Waals surface area contributed by atoms with Crippen LogP contribution in [0.2, 0.25) is 16.6 Å². The molecular formula is C16H26BrClOSi. The van der Waals surface area contributed by atoms with Gasteiger partial charge in [0, 0.05) is 5.88 Å². The zero-order valence-corrected chi connectivity index (χ0v) is 16.7. The van der Waals surface area contributed by atoms with E-state index in [0.29, 0.717) is 22.5 Å². The van der Waals surface area contributed by atoms with Gasteiger partial charge >= 0.3 is 0 Å². The smallest absolute Gasteiger partial charge is 0.258 e. The maximum atomic E-state index is 6.67. The highest BCUT2D eigenvalue weighted by Crippen LogP contribution is 2.44. The molecule has 0 bridgehead atoms. The van der Waals surface area contributed by atoms with Crippen LogP contribution in [-0.4, -0.2) is 8.32 Å². The third-order valence-corrected chi connectivity index (χ3v) is 11.1. The molecule has 1 aromatic rings. The number of rotatable bonds is 6. The summed E-state index contributed by atoms with van der Waals surface area (Å²) in [5.74, 6) is 1.49. The lowest BCUT2D eigenvalue weighted by Crippen LogP contribution is -2.50. The van der Waals surface area contributed by atoms with Crippen LogP contribution in [0.15, 0.2) is 22.7 Å². The van der Waals surface area contributed by atoms with Crippen molar-refractivity contribution in [2.45, 2.75) is 64.0 Å². The molecule has 0 N–H and O–H groups in total. The highest BCUT2D eigenvalue weighted by molar-refractivity contribution is 9.10. The van der Waals surface area contributed by atoms with Crippen LogP contribution in [0.4, 0.5) is 0 Å². The van der Waals surface area contributed by atoms with Gasteiger partial charge in [-0.25, -0.2) is 0 Å². The SMILES string of the molecule is CC(C)[Si](Oc1ccc(CCl)cc1Br)(C(C)C)C(C)C. The summed E-state index contributed by atoms with van der Waals surface area (Å²) >= 11 is 9.51. The van der Waals surface area contributed by atoms with E-state index in [1.807, 2.05) is 6.07 Å². The Kier molecular flexibility index (Phi) is 6.61. The zero-order valence-electron chi connectivity index (χ0n) is 13.3. The van der Waals surface area contributed by atoms with E-state index in [4.69, 9.17) is 16.0 Å². The van der Waals surface area contributed by atoms with E-state index >= 15 is 0 Å². The van der Waals surface area contributed by atoms with Crippen LogP contribution >= 0.6 is 27.5 Å². The highest BCUT2D eigenvalue weighted by atomic mass is 79.9. The van der Waals surface area contributed by atoms with E-state index in [1.165, 1.54) is 0 Å². The minimum absolute atomic E-state index is 0.528. The molecule has 0 aliphatic rings. The van der Waals surface area contributed by atoms with Crippen molar-refractivity contribution >= 4 is 35.8 Å². The van der Waals surface area contributed by atoms with E-state index in [1.54, 1.807) is 0 Å². The van der Waals surface area contributed by atoms with Crippen molar-refractivity contribution < 1.29 is 4.43 Å². The third kappa shape index (κ3) is 3.61. The molecule has 0 fully saturated rings. The second-order valence-electron chi connectivity index (χ2n) is 6.32. The highest BCUT2D eigenvalue weighted by Gasteiger charge is 2.47. The summed E-state index contributed by atoms with van der Waals surface area (Å²) in [5.41, 5.74) is 2.82. The lowest BCUT2D eigenvalue weighted by Gasteiger charge is -2.42. The Labute approximate surface area is 138 Å². The first-order valence-electron chi connectivity index (χ1n) is 7.29. The number of alkyl halides is 1. The zero-order chi connectivity index (χ0) is 15.5. The van der Waals surface area contributed by atoms with Gasteiger partial charge in [-0.15, -0.1) is 11.6 Å². The summed E-state index contributed by atoms with van der Waals surface area (Å²) in [5, 5.41) is 0. The van der Waals surface area contributed by atoms with Gasteiger partial charge in [-0.3, -0.25) is 0 Å². The molecule has 114 valence electrons. The Morgan fingerprint density at radius 2 is 1.55 bits per heavy atom. The molecule has 0 unspecified atom stereocenters. The van der Waals surface area contributed by atoms with Crippen LogP contribution in [0.5, 0.6) is 5.75 Å². The number of hydrogen-bond acceptors (Lipinski definition) is 1. The van der Waals surface area contributed by atoms with Gasteiger partial charge in [0.05, 0.1) is 4.47 Å². The standard InChI is InChI=1S/C16H26BrClOSi/c1-11(2)20(12(3)4,13(5)6)19-16-8-7-14(10-18)9-15(16)17/h7-9,11-13H,10H2,1-6H3. The minimum Gasteiger partial charge on any atom is -0.542 e. The van der Waals surface area contributed by atoms with Crippen LogP contribution in [0, 0.1) is 0 Å². The quantitative estimate of drug-likeness (QED) is 0.394. The summed E-state index contributed by atoms with van der Waals surface area (Å²) in [4.78, 5) is 0. The van der Waals surface area contributed by atoms with Gasteiger partial charge in [-0.2, -0.15) is 0 Å². The van der Waals surface area contributed by atoms with E-state index in [-0.39, 0.29) is 0 Å². The molecule has 0 saturated carbocycles. The number of benzene rings is 1. The normalized spacial score (nSPS) is 12.6. The number of halogens is 2. The summed E-state index contributed by atoms with van der Waals surface area (Å²) in [6.07, 6.45) is 0. The van der Waals surface area contributed by atoms with E-state index in [0.717, 1.165) is 15.8 Å². The molecule has 0 radical (unpaired) electrons. The molecule has 1 rings (SSSR count). The topological polar surface area (TPSA) is 9.23 Å². The van der Waals surface area contributed by atoms with Crippen molar-refractivity contribution in [2.75, 3.05) is 0 Å². The van der Waals surface area contributed by atoms with Crippen LogP contribution in [0.3, 0.4) is 0 Å². The first kappa shape index (κ1) is 18.1. The van der Waals surface area contributed by atoms with Crippen LogP contribution < -0.4 is 4.43 Å². The molecule has 0 aliphatic heterocycles. The van der Waals surface area contributed by atoms with Crippen LogP contribution in [0.25, 0.3) is 0 Å².